The number of benzene rings is 1. The van der Waals surface area contributed by atoms with Crippen molar-refractivity contribution in [2.45, 2.75) is 57.3 Å². The summed E-state index contributed by atoms with van der Waals surface area (Å²) in [7, 11) is 3.20. The minimum Gasteiger partial charge on any atom is -0.497 e. The predicted octanol–water partition coefficient (Wildman–Crippen LogP) is 2.54. The van der Waals surface area contributed by atoms with E-state index in [1.807, 2.05) is 19.1 Å². The molecule has 7 nitrogen and oxygen atoms in total. The van der Waals surface area contributed by atoms with E-state index in [4.69, 9.17) is 9.47 Å². The molecule has 0 radical (unpaired) electrons. The van der Waals surface area contributed by atoms with Gasteiger partial charge in [0.15, 0.2) is 5.96 Å². The van der Waals surface area contributed by atoms with E-state index in [9.17, 15) is 5.11 Å². The van der Waals surface area contributed by atoms with E-state index < -0.39 is 6.10 Å². The van der Waals surface area contributed by atoms with Crippen LogP contribution in [-0.4, -0.2) is 67.9 Å². The van der Waals surface area contributed by atoms with E-state index in [-0.39, 0.29) is 30.5 Å². The molecule has 3 rings (SSSR count). The van der Waals surface area contributed by atoms with Gasteiger partial charge in [0.25, 0.3) is 0 Å². The Kier molecular flexibility index (Phi) is 9.29. The van der Waals surface area contributed by atoms with E-state index in [0.717, 1.165) is 37.1 Å². The van der Waals surface area contributed by atoms with Gasteiger partial charge >= 0.3 is 0 Å². The molecule has 3 atom stereocenters. The van der Waals surface area contributed by atoms with Crippen molar-refractivity contribution in [2.75, 3.05) is 33.9 Å². The summed E-state index contributed by atoms with van der Waals surface area (Å²) in [5, 5.41) is 17.5. The lowest BCUT2D eigenvalue weighted by atomic mass is 10.1. The molecule has 3 unspecified atom stereocenters. The molecular weight excluding hydrogens is 483 g/mol. The average Bonchev–Trinajstić information content (AvgIpc) is 3.48. The fourth-order valence-electron chi connectivity index (χ4n) is 3.89. The number of halogens is 1. The second-order valence-corrected chi connectivity index (χ2v) is 7.74. The highest BCUT2D eigenvalue weighted by atomic mass is 127. The molecule has 1 heterocycles. The molecule has 2 aliphatic rings. The number of ether oxygens (including phenoxy) is 2. The van der Waals surface area contributed by atoms with Gasteiger partial charge in [-0.1, -0.05) is 0 Å². The Hall–Kier alpha value is -1.26. The van der Waals surface area contributed by atoms with Gasteiger partial charge in [-0.15, -0.1) is 24.0 Å². The topological polar surface area (TPSA) is 78.4 Å². The van der Waals surface area contributed by atoms with Crippen molar-refractivity contribution in [1.29, 1.82) is 0 Å². The fourth-order valence-corrected chi connectivity index (χ4v) is 3.89. The molecule has 29 heavy (non-hydrogen) atoms. The number of aliphatic hydroxyl groups excluding tert-OH is 1. The van der Waals surface area contributed by atoms with Gasteiger partial charge in [0, 0.05) is 37.3 Å². The summed E-state index contributed by atoms with van der Waals surface area (Å²) < 4.78 is 10.6. The van der Waals surface area contributed by atoms with Crippen molar-refractivity contribution in [3.05, 3.63) is 23.8 Å². The highest BCUT2D eigenvalue weighted by Crippen LogP contribution is 2.33. The largest absolute Gasteiger partial charge is 0.497 e. The van der Waals surface area contributed by atoms with Crippen molar-refractivity contribution in [1.82, 2.24) is 15.5 Å². The summed E-state index contributed by atoms with van der Waals surface area (Å²) in [5.74, 6) is 2.07. The monoisotopic (exact) mass is 518 g/mol. The highest BCUT2D eigenvalue weighted by molar-refractivity contribution is 14.0. The normalized spacial score (nSPS) is 23.3. The second kappa shape index (κ2) is 11.2. The van der Waals surface area contributed by atoms with Crippen LogP contribution in [0.25, 0.3) is 0 Å². The number of nitrogens with one attached hydrogen (secondary N) is 2. The van der Waals surface area contributed by atoms with Gasteiger partial charge in [0.1, 0.15) is 11.5 Å². The molecule has 1 saturated carbocycles. The Morgan fingerprint density at radius 3 is 2.45 bits per heavy atom. The number of aliphatic imine (C=N–C) groups is 1. The summed E-state index contributed by atoms with van der Waals surface area (Å²) in [4.78, 5) is 7.23. The third kappa shape index (κ3) is 6.62. The molecule has 0 bridgehead atoms. The molecule has 164 valence electrons. The number of likely N-dealkylation sites (tertiary alicyclic amines) is 1. The molecule has 1 aromatic carbocycles. The summed E-state index contributed by atoms with van der Waals surface area (Å²) in [6, 6.07) is 7.21. The zero-order valence-electron chi connectivity index (χ0n) is 17.9. The maximum Gasteiger partial charge on any atom is 0.191 e. The third-order valence-corrected chi connectivity index (χ3v) is 5.50. The third-order valence-electron chi connectivity index (χ3n) is 5.50. The number of nitrogens with zero attached hydrogens (tertiary/aromatic N) is 2. The highest BCUT2D eigenvalue weighted by Gasteiger charge is 2.38. The number of aliphatic hydroxyl groups is 1. The van der Waals surface area contributed by atoms with Crippen LogP contribution in [0.5, 0.6) is 11.5 Å². The van der Waals surface area contributed by atoms with Crippen LogP contribution in [0.2, 0.25) is 0 Å². The number of methoxy groups -OCH3 is 2. The SMILES string of the molecule is CCNC(=NCC(O)c1cc(OC)cc(OC)c1)NC1CC(C)N(C2CC2)C1.I. The molecule has 1 saturated heterocycles. The molecule has 3 N–H and O–H groups in total. The molecule has 0 amide bonds. The predicted molar refractivity (Wildman–Crippen MR) is 127 cm³/mol. The van der Waals surface area contributed by atoms with Gasteiger partial charge in [-0.3, -0.25) is 9.89 Å². The minimum absolute atomic E-state index is 0. The lowest BCUT2D eigenvalue weighted by molar-refractivity contribution is 0.186. The van der Waals surface area contributed by atoms with Crippen LogP contribution < -0.4 is 20.1 Å². The molecule has 8 heteroatoms. The number of hydrogen-bond acceptors (Lipinski definition) is 5. The zero-order valence-corrected chi connectivity index (χ0v) is 20.2. The quantitative estimate of drug-likeness (QED) is 0.279. The molecule has 1 aliphatic carbocycles. The van der Waals surface area contributed by atoms with Gasteiger partial charge < -0.3 is 25.2 Å². The Bertz CT molecular complexity index is 662. The van der Waals surface area contributed by atoms with E-state index in [1.165, 1.54) is 12.8 Å². The van der Waals surface area contributed by atoms with E-state index >= 15 is 0 Å². The van der Waals surface area contributed by atoms with Crippen molar-refractivity contribution >= 4 is 29.9 Å². The van der Waals surface area contributed by atoms with Crippen molar-refractivity contribution in [2.24, 2.45) is 4.99 Å². The molecule has 0 spiro atoms. The lowest BCUT2D eigenvalue weighted by Gasteiger charge is -2.20. The van der Waals surface area contributed by atoms with Crippen LogP contribution in [0.1, 0.15) is 44.8 Å². The molecule has 1 aliphatic heterocycles. The van der Waals surface area contributed by atoms with Crippen LogP contribution in [0.15, 0.2) is 23.2 Å². The van der Waals surface area contributed by atoms with Gasteiger partial charge in [-0.2, -0.15) is 0 Å². The summed E-state index contributed by atoms with van der Waals surface area (Å²) in [6.45, 7) is 6.47. The average molecular weight is 518 g/mol. The van der Waals surface area contributed by atoms with Gasteiger partial charge in [-0.25, -0.2) is 0 Å². The Morgan fingerprint density at radius 1 is 1.24 bits per heavy atom. The first kappa shape index (κ1) is 24.0. The molecule has 2 fully saturated rings. The number of guanidine groups is 1. The summed E-state index contributed by atoms with van der Waals surface area (Å²) in [5.41, 5.74) is 0.727. The van der Waals surface area contributed by atoms with E-state index in [2.05, 4.69) is 27.4 Å². The lowest BCUT2D eigenvalue weighted by Crippen LogP contribution is -2.45. The fraction of sp³-hybridized carbons (Fsp3) is 0.667. The zero-order chi connectivity index (χ0) is 20.1. The minimum atomic E-state index is -0.732. The van der Waals surface area contributed by atoms with Crippen molar-refractivity contribution in [3.8, 4) is 11.5 Å². The smallest absolute Gasteiger partial charge is 0.191 e. The summed E-state index contributed by atoms with van der Waals surface area (Å²) >= 11 is 0. The maximum absolute atomic E-state index is 10.6. The van der Waals surface area contributed by atoms with Crippen LogP contribution in [0, 0.1) is 0 Å². The Labute approximate surface area is 191 Å². The van der Waals surface area contributed by atoms with E-state index in [0.29, 0.717) is 23.6 Å². The molecular formula is C21H35IN4O3. The van der Waals surface area contributed by atoms with Gasteiger partial charge in [0.05, 0.1) is 26.9 Å². The molecule has 1 aromatic rings. The second-order valence-electron chi connectivity index (χ2n) is 7.74. The Morgan fingerprint density at radius 2 is 1.90 bits per heavy atom. The molecule has 0 aromatic heterocycles. The van der Waals surface area contributed by atoms with Crippen LogP contribution in [0.3, 0.4) is 0 Å². The first-order valence-electron chi connectivity index (χ1n) is 10.3. The number of hydrogen-bond donors (Lipinski definition) is 3. The van der Waals surface area contributed by atoms with Crippen molar-refractivity contribution in [3.63, 3.8) is 0 Å². The van der Waals surface area contributed by atoms with Gasteiger partial charge in [0.2, 0.25) is 0 Å². The first-order chi connectivity index (χ1) is 13.5. The number of rotatable bonds is 8. The van der Waals surface area contributed by atoms with Crippen LogP contribution in [0.4, 0.5) is 0 Å². The standard InChI is InChI=1S/C21H34N4O3.HI/c1-5-22-21(24-16-8-14(2)25(13-16)17-6-7-17)23-12-20(26)15-9-18(27-3)11-19(10-15)28-4;/h9-11,14,16-17,20,26H,5-8,12-13H2,1-4H3,(H2,22,23,24);1H. The maximum atomic E-state index is 10.6. The summed E-state index contributed by atoms with van der Waals surface area (Å²) in [6.07, 6.45) is 3.06. The first-order valence-corrected chi connectivity index (χ1v) is 10.3. The van der Waals surface area contributed by atoms with E-state index in [1.54, 1.807) is 20.3 Å². The van der Waals surface area contributed by atoms with Crippen LogP contribution >= 0.6 is 24.0 Å². The Balaban J connectivity index is 0.00000300. The van der Waals surface area contributed by atoms with Crippen LogP contribution in [-0.2, 0) is 0 Å². The van der Waals surface area contributed by atoms with Gasteiger partial charge in [-0.05, 0) is 50.8 Å². The van der Waals surface area contributed by atoms with Crippen molar-refractivity contribution < 1.29 is 14.6 Å².